The molecule has 10 fully saturated rings. The zero-order valence-corrected chi connectivity index (χ0v) is 92.7. The number of rotatable bonds is 8. The van der Waals surface area contributed by atoms with E-state index < -0.39 is 32.4 Å². The van der Waals surface area contributed by atoms with Crippen molar-refractivity contribution in [3.63, 3.8) is 0 Å². The van der Waals surface area contributed by atoms with Gasteiger partial charge in [-0.2, -0.15) is 21.6 Å². The maximum atomic E-state index is 12.9. The summed E-state index contributed by atoms with van der Waals surface area (Å²) in [5, 5.41) is 21.2. The van der Waals surface area contributed by atoms with E-state index in [0.29, 0.717) is 59.3 Å². The van der Waals surface area contributed by atoms with Crippen molar-refractivity contribution < 1.29 is 64.6 Å². The van der Waals surface area contributed by atoms with Crippen LogP contribution in [0.15, 0.2) is 122 Å². The molecule has 6 aromatic rings. The first-order valence-electron chi connectivity index (χ1n) is 55.2. The molecular weight excluding hydrogens is 1850 g/mol. The normalized spacial score (nSPS) is 28.6. The molecule has 3 amide bonds. The Balaban J connectivity index is 0.000000138. The predicted octanol–water partition coefficient (Wildman–Crippen LogP) is 27.9. The Morgan fingerprint density at radius 3 is 1.11 bits per heavy atom. The number of likely N-dealkylation sites (tertiary alicyclic amines) is 4. The van der Waals surface area contributed by atoms with E-state index in [2.05, 4.69) is 193 Å². The number of aromatic hydroxyl groups is 1. The van der Waals surface area contributed by atoms with Gasteiger partial charge in [-0.15, -0.1) is 19.0 Å². The first kappa shape index (κ1) is 112. The molecule has 144 heavy (non-hydrogen) atoms. The number of hydrogen-bond donors (Lipinski definition) is 3. The van der Waals surface area contributed by atoms with Gasteiger partial charge in [-0.3, -0.25) is 4.90 Å². The van der Waals surface area contributed by atoms with E-state index in [-0.39, 0.29) is 76.1 Å². The monoisotopic (exact) mass is 2020 g/mol. The van der Waals surface area contributed by atoms with E-state index in [0.717, 1.165) is 131 Å². The Morgan fingerprint density at radius 2 is 0.757 bits per heavy atom. The molecule has 0 radical (unpaired) electrons. The topological polar surface area (TPSA) is 188 Å². The van der Waals surface area contributed by atoms with Crippen LogP contribution in [0, 0.1) is 36.5 Å². The van der Waals surface area contributed by atoms with Crippen LogP contribution >= 0.6 is 12.4 Å². The minimum atomic E-state index is -5.74. The fourth-order valence-corrected chi connectivity index (χ4v) is 30.6. The Labute approximate surface area is 869 Å². The van der Waals surface area contributed by atoms with Gasteiger partial charge in [0.1, 0.15) is 28.3 Å². The molecule has 0 aromatic heterocycles. The number of piperidine rings is 5. The molecule has 3 N–H and O–H groups in total. The third-order valence-corrected chi connectivity index (χ3v) is 37.3. The van der Waals surface area contributed by atoms with Crippen LogP contribution in [0.4, 0.5) is 27.6 Å². The second kappa shape index (κ2) is 44.0. The van der Waals surface area contributed by atoms with Gasteiger partial charge in [0.15, 0.2) is 0 Å². The molecule has 21 heteroatoms. The van der Waals surface area contributed by atoms with Crippen LogP contribution < -0.4 is 9.50 Å². The molecule has 792 valence electrons. The molecule has 15 unspecified atom stereocenters. The van der Waals surface area contributed by atoms with E-state index in [1.54, 1.807) is 44.3 Å². The number of halogens is 4. The summed E-state index contributed by atoms with van der Waals surface area (Å²) < 4.78 is 83.0. The number of hydrogen-bond acceptors (Lipinski definition) is 13. The summed E-state index contributed by atoms with van der Waals surface area (Å²) in [5.74, 6) is 3.23. The number of aliphatic hydroxyl groups is 1. The molecule has 15 atom stereocenters. The van der Waals surface area contributed by atoms with E-state index in [1.165, 1.54) is 205 Å². The summed E-state index contributed by atoms with van der Waals surface area (Å²) in [7, 11) is -4.74. The van der Waals surface area contributed by atoms with Gasteiger partial charge < -0.3 is 48.6 Å². The average molecular weight is 2020 g/mol. The van der Waals surface area contributed by atoms with E-state index in [9.17, 15) is 41.1 Å². The molecule has 5 saturated heterocycles. The molecule has 21 rings (SSSR count). The lowest BCUT2D eigenvalue weighted by atomic mass is 9.52. The number of amides is 3. The molecule has 0 spiro atoms. The van der Waals surface area contributed by atoms with Crippen LogP contribution in [0.1, 0.15) is 380 Å². The highest BCUT2D eigenvalue weighted by Gasteiger charge is 2.61. The quantitative estimate of drug-likeness (QED) is 0.0566. The van der Waals surface area contributed by atoms with Crippen LogP contribution in [0.25, 0.3) is 6.08 Å². The SMILES string of the molecule is C=CCN1CCC23CCCCC2C1Cc1ccc(CC)cc13.C=Cc1ccc2c(c1)C13CCCCC1C(C2)N(C(=O)OC(C)(C)C)CC3.CC(C)(C)OC(=O)N1CCC23CCCCC2C1Cc1ccc(OS(=O)(=O)C(F)(F)F)cc13.CCc1ccc2c(c1)C13CCCCC1C(C2)N(C(=O)OC(C)(C)C)CC3.CCc1ccc2c(c1)C13CCCCC1C(C2)NCC3.CO.Cc1cc(C(C)(C)C)c(O)c(C(C)(C)C)c1.Cl. The van der Waals surface area contributed by atoms with Gasteiger partial charge in [0.25, 0.3) is 0 Å². The molecular formula is C123H175ClF3N5O11S. The van der Waals surface area contributed by atoms with Gasteiger partial charge in [-0.1, -0.05) is 242 Å². The molecule has 5 heterocycles. The maximum absolute atomic E-state index is 12.9. The number of phenols is 1. The van der Waals surface area contributed by atoms with E-state index in [1.807, 2.05) is 73.3 Å². The number of aliphatic hydroxyl groups excluding tert-OH is 1. The molecule has 16 nitrogen and oxygen atoms in total. The van der Waals surface area contributed by atoms with E-state index >= 15 is 0 Å². The summed E-state index contributed by atoms with van der Waals surface area (Å²) >= 11 is 0. The Hall–Kier alpha value is -7.88. The van der Waals surface area contributed by atoms with Crippen LogP contribution in [0.2, 0.25) is 0 Å². The van der Waals surface area contributed by atoms with Crippen LogP contribution in [-0.2, 0) is 114 Å². The van der Waals surface area contributed by atoms with Crippen molar-refractivity contribution in [2.75, 3.05) is 46.4 Å². The van der Waals surface area contributed by atoms with Gasteiger partial charge in [-0.25, -0.2) is 14.4 Å². The third kappa shape index (κ3) is 22.6. The molecule has 10 aliphatic carbocycles. The number of aryl methyl sites for hydroxylation is 4. The minimum absolute atomic E-state index is 0. The molecule has 6 aromatic carbocycles. The van der Waals surface area contributed by atoms with Crippen molar-refractivity contribution in [3.05, 3.63) is 217 Å². The highest BCUT2D eigenvalue weighted by atomic mass is 35.5. The van der Waals surface area contributed by atoms with Crippen LogP contribution in [-0.4, -0.2) is 155 Å². The lowest BCUT2D eigenvalue weighted by Gasteiger charge is -2.59. The van der Waals surface area contributed by atoms with Crippen molar-refractivity contribution in [1.82, 2.24) is 24.9 Å². The lowest BCUT2D eigenvalue weighted by molar-refractivity contribution is -0.0500. The van der Waals surface area contributed by atoms with Crippen LogP contribution in [0.3, 0.4) is 0 Å². The number of phenolic OH excluding ortho intramolecular Hbond substituents is 1. The maximum Gasteiger partial charge on any atom is 0.534 e. The fraction of sp³-hybridized carbons (Fsp3) is 0.650. The lowest BCUT2D eigenvalue weighted by Crippen LogP contribution is -2.62. The largest absolute Gasteiger partial charge is 0.534 e. The Morgan fingerprint density at radius 1 is 0.431 bits per heavy atom. The van der Waals surface area contributed by atoms with Crippen molar-refractivity contribution >= 4 is 46.9 Å². The number of fused-ring (bicyclic) bond motifs is 5. The Bertz CT molecular complexity index is 5640. The van der Waals surface area contributed by atoms with Crippen molar-refractivity contribution in [2.24, 2.45) is 29.6 Å². The molecule has 5 saturated carbocycles. The number of benzene rings is 6. The van der Waals surface area contributed by atoms with E-state index in [4.69, 9.17) is 19.3 Å². The third-order valence-electron chi connectivity index (χ3n) is 36.4. The van der Waals surface area contributed by atoms with Crippen molar-refractivity contribution in [2.45, 2.75) is 434 Å². The van der Waals surface area contributed by atoms with Gasteiger partial charge >= 0.3 is 33.9 Å². The molecule has 10 bridgehead atoms. The van der Waals surface area contributed by atoms with Gasteiger partial charge in [0, 0.05) is 90.6 Å². The minimum Gasteiger partial charge on any atom is -0.507 e. The second-order valence-corrected chi connectivity index (χ2v) is 51.7. The highest BCUT2D eigenvalue weighted by molar-refractivity contribution is 7.88. The number of nitrogens with zero attached hydrogens (tertiary/aromatic N) is 4. The summed E-state index contributed by atoms with van der Waals surface area (Å²) in [4.78, 5) is 47.3. The molecule has 15 aliphatic rings. The van der Waals surface area contributed by atoms with Crippen molar-refractivity contribution in [3.8, 4) is 11.5 Å². The Kier molecular flexibility index (Phi) is 34.1. The van der Waals surface area contributed by atoms with Gasteiger partial charge in [-0.05, 0) is 372 Å². The number of ether oxygens (including phenoxy) is 3. The second-order valence-electron chi connectivity index (χ2n) is 50.1. The summed E-state index contributed by atoms with van der Waals surface area (Å²) in [5.41, 5.74) is 17.9. The molecule has 5 aliphatic heterocycles. The smallest absolute Gasteiger partial charge is 0.507 e. The fourth-order valence-electron chi connectivity index (χ4n) is 30.1. The summed E-state index contributed by atoms with van der Waals surface area (Å²) in [6.45, 7) is 52.6. The standard InChI is InChI=1S/C23H33NO2.C23H31NO2.C22H28F3NO5S.C21H29N.C18H25N.C15H24O.CH4O.ClH/c2*1-5-16-9-10-17-15-20-18-8-6-7-11-23(18,19(17)14-16)12-13-24(20)21(25)26-22(2,3)4;1-20(2,3)30-19(27)26-11-10-21-9-5-4-6-16(21)18(26)12-14-7-8-15(13-17(14)21)31-32(28,29)22(23,24)25;1-3-12-22-13-11-21-10-6-5-7-18(21)20(22)15-17-9-8-16(4-2)14-19(17)21;1-2-13-6-7-14-12-17-15-5-3-4-8-18(15,9-10-19-17)16(14)11-13;1-10-8-11(14(2,3)4)13(16)12(9-10)15(5,6)7;1-2;/h9-10,14,18,20H,5-8,11-13,15H2,1-4H3;5,9-10,14,18,20H,1,6-8,11-13,15H2,2-4H3;7-8,13,16,18H,4-6,9-12H2,1-3H3;3,8-9,14,18,20H,1,4-7,10-13,15H2,2H3;6-7,11,15,17,19H,2-5,8-10,12H2,1H3;8-9,16H,1-7H3;2H,1H3;1H. The summed E-state index contributed by atoms with van der Waals surface area (Å²) in [6, 6.07) is 39.2. The number of carbonyl (C=O) groups is 3. The average Bonchev–Trinajstić information content (AvgIpc) is 0.724. The first-order chi connectivity index (χ1) is 67.6. The van der Waals surface area contributed by atoms with Gasteiger partial charge in [0.2, 0.25) is 0 Å². The number of carbonyl (C=O) groups excluding carboxylic acids is 3. The number of alkyl halides is 3. The highest BCUT2D eigenvalue weighted by Crippen LogP contribution is 2.63. The van der Waals surface area contributed by atoms with Gasteiger partial charge in [0.05, 0.1) is 0 Å². The summed E-state index contributed by atoms with van der Waals surface area (Å²) in [6.07, 6.45) is 42.9. The van der Waals surface area contributed by atoms with Crippen molar-refractivity contribution in [1.29, 1.82) is 0 Å². The first-order valence-corrected chi connectivity index (χ1v) is 56.6. The zero-order valence-electron chi connectivity index (χ0n) is 91.0. The van der Waals surface area contributed by atoms with Crippen LogP contribution in [0.5, 0.6) is 11.5 Å². The zero-order chi connectivity index (χ0) is 103. The predicted molar refractivity (Wildman–Crippen MR) is 579 cm³/mol. The number of nitrogens with one attached hydrogen (secondary N) is 1.